The highest BCUT2D eigenvalue weighted by Gasteiger charge is 2.35. The molecule has 2 unspecified atom stereocenters. The average Bonchev–Trinajstić information content (AvgIpc) is 3.12. The van der Waals surface area contributed by atoms with Gasteiger partial charge in [0.1, 0.15) is 6.17 Å². The Morgan fingerprint density at radius 1 is 1.53 bits per heavy atom. The molecule has 2 saturated heterocycles. The lowest BCUT2D eigenvalue weighted by Crippen LogP contribution is -2.42. The predicted molar refractivity (Wildman–Crippen MR) is 77.0 cm³/mol. The zero-order chi connectivity index (χ0) is 13.2. The van der Waals surface area contributed by atoms with Crippen molar-refractivity contribution >= 4 is 17.2 Å². The minimum atomic E-state index is 0.0815. The maximum atomic E-state index is 12.1. The molecule has 5 heteroatoms. The van der Waals surface area contributed by atoms with Gasteiger partial charge in [-0.1, -0.05) is 6.92 Å². The fourth-order valence-corrected chi connectivity index (χ4v) is 3.90. The van der Waals surface area contributed by atoms with Crippen LogP contribution in [-0.2, 0) is 4.79 Å². The summed E-state index contributed by atoms with van der Waals surface area (Å²) < 4.78 is 0. The van der Waals surface area contributed by atoms with Gasteiger partial charge in [0.05, 0.1) is 6.54 Å². The Bertz CT molecular complexity index is 434. The van der Waals surface area contributed by atoms with Gasteiger partial charge in [0.15, 0.2) is 0 Å². The van der Waals surface area contributed by atoms with Crippen LogP contribution >= 0.6 is 11.3 Å². The van der Waals surface area contributed by atoms with Crippen molar-refractivity contribution < 1.29 is 4.79 Å². The van der Waals surface area contributed by atoms with E-state index in [1.807, 2.05) is 4.90 Å². The highest BCUT2D eigenvalue weighted by atomic mass is 32.1. The van der Waals surface area contributed by atoms with Gasteiger partial charge in [-0.05, 0) is 48.3 Å². The van der Waals surface area contributed by atoms with E-state index in [0.717, 1.165) is 13.1 Å². The SMILES string of the molecule is CCN1CCCC1CN1C(=O)CNC1c1ccsc1. The maximum absolute atomic E-state index is 12.1. The van der Waals surface area contributed by atoms with Crippen LogP contribution in [0.15, 0.2) is 16.8 Å². The van der Waals surface area contributed by atoms with Crippen molar-refractivity contribution in [3.05, 3.63) is 22.4 Å². The van der Waals surface area contributed by atoms with Crippen LogP contribution in [0.25, 0.3) is 0 Å². The molecule has 2 aliphatic rings. The van der Waals surface area contributed by atoms with E-state index in [0.29, 0.717) is 12.6 Å². The third-order valence-electron chi connectivity index (χ3n) is 4.25. The first kappa shape index (κ1) is 13.1. The molecular formula is C14H21N3OS. The number of likely N-dealkylation sites (N-methyl/N-ethyl adjacent to an activating group) is 1. The third kappa shape index (κ3) is 2.55. The van der Waals surface area contributed by atoms with Crippen LogP contribution in [0.5, 0.6) is 0 Å². The van der Waals surface area contributed by atoms with Crippen LogP contribution in [0.2, 0.25) is 0 Å². The monoisotopic (exact) mass is 279 g/mol. The lowest BCUT2D eigenvalue weighted by atomic mass is 10.2. The van der Waals surface area contributed by atoms with Gasteiger partial charge in [-0.25, -0.2) is 0 Å². The predicted octanol–water partition coefficient (Wildman–Crippen LogP) is 1.66. The summed E-state index contributed by atoms with van der Waals surface area (Å²) in [5.74, 6) is 0.235. The van der Waals surface area contributed by atoms with Crippen LogP contribution < -0.4 is 5.32 Å². The minimum absolute atomic E-state index is 0.0815. The second-order valence-electron chi connectivity index (χ2n) is 5.31. The molecule has 0 spiro atoms. The largest absolute Gasteiger partial charge is 0.320 e. The Morgan fingerprint density at radius 3 is 3.16 bits per heavy atom. The molecule has 1 aromatic rings. The Balaban J connectivity index is 1.72. The molecule has 0 aliphatic carbocycles. The van der Waals surface area contributed by atoms with E-state index in [4.69, 9.17) is 0 Å². The topological polar surface area (TPSA) is 35.6 Å². The molecule has 2 aliphatic heterocycles. The summed E-state index contributed by atoms with van der Waals surface area (Å²) in [6, 6.07) is 2.65. The summed E-state index contributed by atoms with van der Waals surface area (Å²) in [5.41, 5.74) is 1.22. The number of carbonyl (C=O) groups is 1. The molecule has 1 N–H and O–H groups in total. The zero-order valence-electron chi connectivity index (χ0n) is 11.3. The molecule has 2 atom stereocenters. The first-order valence-corrected chi connectivity index (χ1v) is 8.03. The van der Waals surface area contributed by atoms with Gasteiger partial charge in [0.2, 0.25) is 5.91 Å². The van der Waals surface area contributed by atoms with E-state index in [1.54, 1.807) is 11.3 Å². The van der Waals surface area contributed by atoms with Crippen molar-refractivity contribution in [1.82, 2.24) is 15.1 Å². The summed E-state index contributed by atoms with van der Waals surface area (Å²) in [7, 11) is 0. The molecule has 0 radical (unpaired) electrons. The van der Waals surface area contributed by atoms with Gasteiger partial charge >= 0.3 is 0 Å². The molecule has 2 fully saturated rings. The minimum Gasteiger partial charge on any atom is -0.320 e. The highest BCUT2D eigenvalue weighted by Crippen LogP contribution is 2.27. The van der Waals surface area contributed by atoms with Gasteiger partial charge in [-0.3, -0.25) is 15.0 Å². The number of rotatable bonds is 4. The van der Waals surface area contributed by atoms with Crippen LogP contribution in [0.3, 0.4) is 0 Å². The van der Waals surface area contributed by atoms with Gasteiger partial charge in [-0.15, -0.1) is 0 Å². The maximum Gasteiger partial charge on any atom is 0.238 e. The molecule has 0 aromatic carbocycles. The van der Waals surface area contributed by atoms with E-state index in [9.17, 15) is 4.79 Å². The molecule has 104 valence electrons. The van der Waals surface area contributed by atoms with Gasteiger partial charge < -0.3 is 4.90 Å². The molecule has 1 aromatic heterocycles. The number of thiophene rings is 1. The Hall–Kier alpha value is -0.910. The Kier molecular flexibility index (Phi) is 3.86. The molecule has 1 amide bonds. The van der Waals surface area contributed by atoms with Crippen molar-refractivity contribution in [2.75, 3.05) is 26.2 Å². The van der Waals surface area contributed by atoms with Crippen molar-refractivity contribution in [3.63, 3.8) is 0 Å². The second kappa shape index (κ2) is 5.61. The van der Waals surface area contributed by atoms with E-state index in [1.165, 1.54) is 24.9 Å². The summed E-state index contributed by atoms with van der Waals surface area (Å²) in [6.07, 6.45) is 2.56. The van der Waals surface area contributed by atoms with Gasteiger partial charge in [-0.2, -0.15) is 11.3 Å². The van der Waals surface area contributed by atoms with Crippen molar-refractivity contribution in [3.8, 4) is 0 Å². The summed E-state index contributed by atoms with van der Waals surface area (Å²) in [6.45, 7) is 5.81. The molecule has 0 saturated carbocycles. The number of nitrogens with zero attached hydrogens (tertiary/aromatic N) is 2. The van der Waals surface area contributed by atoms with Gasteiger partial charge in [0, 0.05) is 12.6 Å². The Morgan fingerprint density at radius 2 is 2.42 bits per heavy atom. The lowest BCUT2D eigenvalue weighted by Gasteiger charge is -2.31. The van der Waals surface area contributed by atoms with Crippen LogP contribution in [0, 0.1) is 0 Å². The number of nitrogens with one attached hydrogen (secondary N) is 1. The first-order valence-electron chi connectivity index (χ1n) is 7.08. The number of carbonyl (C=O) groups excluding carboxylic acids is 1. The lowest BCUT2D eigenvalue weighted by molar-refractivity contribution is -0.128. The van der Waals surface area contributed by atoms with Crippen molar-refractivity contribution in [2.24, 2.45) is 0 Å². The van der Waals surface area contributed by atoms with Crippen LogP contribution in [-0.4, -0.2) is 47.9 Å². The summed E-state index contributed by atoms with van der Waals surface area (Å²) in [5, 5.41) is 7.54. The normalized spacial score (nSPS) is 28.5. The van der Waals surface area contributed by atoms with E-state index < -0.39 is 0 Å². The second-order valence-corrected chi connectivity index (χ2v) is 6.09. The van der Waals surface area contributed by atoms with E-state index >= 15 is 0 Å². The van der Waals surface area contributed by atoms with Crippen molar-refractivity contribution in [2.45, 2.75) is 32.0 Å². The van der Waals surface area contributed by atoms with E-state index in [-0.39, 0.29) is 12.1 Å². The number of hydrogen-bond donors (Lipinski definition) is 1. The average molecular weight is 279 g/mol. The Labute approximate surface area is 118 Å². The summed E-state index contributed by atoms with van der Waals surface area (Å²) in [4.78, 5) is 16.6. The van der Waals surface area contributed by atoms with E-state index in [2.05, 4.69) is 34.0 Å². The first-order chi connectivity index (χ1) is 9.29. The van der Waals surface area contributed by atoms with Crippen LogP contribution in [0.4, 0.5) is 0 Å². The fourth-order valence-electron chi connectivity index (χ4n) is 3.22. The molecule has 19 heavy (non-hydrogen) atoms. The fraction of sp³-hybridized carbons (Fsp3) is 0.643. The quantitative estimate of drug-likeness (QED) is 0.910. The number of amides is 1. The molecule has 4 nitrogen and oxygen atoms in total. The molecule has 3 heterocycles. The van der Waals surface area contributed by atoms with Crippen molar-refractivity contribution in [1.29, 1.82) is 0 Å². The summed E-state index contributed by atoms with van der Waals surface area (Å²) >= 11 is 1.69. The number of hydrogen-bond acceptors (Lipinski definition) is 4. The molecule has 3 rings (SSSR count). The zero-order valence-corrected chi connectivity index (χ0v) is 12.2. The number of likely N-dealkylation sites (tertiary alicyclic amines) is 1. The highest BCUT2D eigenvalue weighted by molar-refractivity contribution is 7.07. The standard InChI is InChI=1S/C14H21N3OS/c1-2-16-6-3-4-12(16)9-17-13(18)8-15-14(17)11-5-7-19-10-11/h5,7,10,12,14-15H,2-4,6,8-9H2,1H3. The molecule has 0 bridgehead atoms. The van der Waals surface area contributed by atoms with Crippen LogP contribution in [0.1, 0.15) is 31.5 Å². The molecular weight excluding hydrogens is 258 g/mol. The van der Waals surface area contributed by atoms with Gasteiger partial charge in [0.25, 0.3) is 0 Å². The smallest absolute Gasteiger partial charge is 0.238 e. The third-order valence-corrected chi connectivity index (χ3v) is 4.95.